The molecule has 1 N–H and O–H groups in total. The van der Waals surface area contributed by atoms with Crippen LogP contribution in [0.5, 0.6) is 0 Å². The summed E-state index contributed by atoms with van der Waals surface area (Å²) in [6.45, 7) is 0. The SMILES string of the molecule is O=c1[nH]c2ccccc2cc1-c1cc(C(F)(F)F)cc(C(F)(F)F)c1. The van der Waals surface area contributed by atoms with Crippen molar-refractivity contribution in [2.45, 2.75) is 12.4 Å². The van der Waals surface area contributed by atoms with E-state index in [1.54, 1.807) is 24.3 Å². The first-order valence-corrected chi connectivity index (χ1v) is 6.97. The second-order valence-electron chi connectivity index (χ2n) is 5.39. The summed E-state index contributed by atoms with van der Waals surface area (Å²) in [5.41, 5.74) is -4.00. The number of alkyl halides is 6. The van der Waals surface area contributed by atoms with Gasteiger partial charge in [-0.3, -0.25) is 4.79 Å². The first-order chi connectivity index (χ1) is 11.6. The Morgan fingerprint density at radius 3 is 1.88 bits per heavy atom. The second kappa shape index (κ2) is 5.65. The minimum Gasteiger partial charge on any atom is -0.321 e. The summed E-state index contributed by atoms with van der Waals surface area (Å²) in [5.74, 6) is 0. The van der Waals surface area contributed by atoms with Gasteiger partial charge in [-0.2, -0.15) is 26.3 Å². The first-order valence-electron chi connectivity index (χ1n) is 6.97. The quantitative estimate of drug-likeness (QED) is 0.594. The molecule has 3 rings (SSSR count). The zero-order chi connectivity index (χ0) is 18.4. The molecule has 0 atom stereocenters. The Kier molecular flexibility index (Phi) is 3.85. The standard InChI is InChI=1S/C17H9F6NO/c18-16(19,20)11-5-10(6-12(8-11)17(21,22)23)13-7-9-3-1-2-4-14(9)24-15(13)25/h1-8H,(H,24,25). The van der Waals surface area contributed by atoms with E-state index in [4.69, 9.17) is 0 Å². The van der Waals surface area contributed by atoms with Crippen molar-refractivity contribution in [1.29, 1.82) is 0 Å². The van der Waals surface area contributed by atoms with Crippen LogP contribution in [0.4, 0.5) is 26.3 Å². The van der Waals surface area contributed by atoms with E-state index >= 15 is 0 Å². The lowest BCUT2D eigenvalue weighted by Crippen LogP contribution is -2.13. The maximum Gasteiger partial charge on any atom is 0.416 e. The summed E-state index contributed by atoms with van der Waals surface area (Å²) in [6, 6.07) is 8.81. The van der Waals surface area contributed by atoms with Crippen molar-refractivity contribution >= 4 is 10.9 Å². The summed E-state index contributed by atoms with van der Waals surface area (Å²) in [5, 5.41) is 0.489. The van der Waals surface area contributed by atoms with E-state index in [9.17, 15) is 31.1 Å². The van der Waals surface area contributed by atoms with Crippen molar-refractivity contribution in [2.24, 2.45) is 0 Å². The lowest BCUT2D eigenvalue weighted by molar-refractivity contribution is -0.143. The number of H-pyrrole nitrogens is 1. The van der Waals surface area contributed by atoms with Crippen LogP contribution in [0, 0.1) is 0 Å². The fourth-order valence-electron chi connectivity index (χ4n) is 2.47. The third-order valence-corrected chi connectivity index (χ3v) is 3.65. The van der Waals surface area contributed by atoms with E-state index in [2.05, 4.69) is 4.98 Å². The Morgan fingerprint density at radius 1 is 0.760 bits per heavy atom. The lowest BCUT2D eigenvalue weighted by atomic mass is 9.99. The van der Waals surface area contributed by atoms with Crippen molar-refractivity contribution in [3.8, 4) is 11.1 Å². The van der Waals surface area contributed by atoms with Crippen LogP contribution in [0.2, 0.25) is 0 Å². The van der Waals surface area contributed by atoms with Crippen LogP contribution in [0.15, 0.2) is 53.3 Å². The molecule has 0 unspecified atom stereocenters. The Morgan fingerprint density at radius 2 is 1.32 bits per heavy atom. The summed E-state index contributed by atoms with van der Waals surface area (Å²) < 4.78 is 77.7. The predicted molar refractivity (Wildman–Crippen MR) is 80.0 cm³/mol. The molecule has 0 radical (unpaired) electrons. The molecule has 8 heteroatoms. The Hall–Kier alpha value is -2.77. The maximum atomic E-state index is 13.0. The van der Waals surface area contributed by atoms with Crippen LogP contribution in [0.25, 0.3) is 22.0 Å². The Bertz CT molecular complexity index is 968. The van der Waals surface area contributed by atoms with Gasteiger partial charge in [0.2, 0.25) is 0 Å². The molecule has 0 aliphatic heterocycles. The number of hydrogen-bond acceptors (Lipinski definition) is 1. The van der Waals surface area contributed by atoms with Gasteiger partial charge in [0.25, 0.3) is 5.56 Å². The van der Waals surface area contributed by atoms with E-state index in [1.165, 1.54) is 6.07 Å². The summed E-state index contributed by atoms with van der Waals surface area (Å²) in [7, 11) is 0. The van der Waals surface area contributed by atoms with Gasteiger partial charge in [-0.15, -0.1) is 0 Å². The predicted octanol–water partition coefficient (Wildman–Crippen LogP) is 5.23. The molecule has 1 heterocycles. The zero-order valence-corrected chi connectivity index (χ0v) is 12.3. The van der Waals surface area contributed by atoms with Gasteiger partial charge < -0.3 is 4.98 Å². The average molecular weight is 357 g/mol. The zero-order valence-electron chi connectivity index (χ0n) is 12.3. The maximum absolute atomic E-state index is 13.0. The number of aromatic nitrogens is 1. The normalized spacial score (nSPS) is 12.6. The van der Waals surface area contributed by atoms with E-state index in [0.29, 0.717) is 23.0 Å². The third-order valence-electron chi connectivity index (χ3n) is 3.65. The van der Waals surface area contributed by atoms with Crippen LogP contribution in [-0.4, -0.2) is 4.98 Å². The van der Waals surface area contributed by atoms with E-state index < -0.39 is 34.6 Å². The number of hydrogen-bond donors (Lipinski definition) is 1. The van der Waals surface area contributed by atoms with Gasteiger partial charge in [0.15, 0.2) is 0 Å². The molecule has 0 fully saturated rings. The molecule has 0 aliphatic rings. The molecule has 0 aliphatic carbocycles. The van der Waals surface area contributed by atoms with Gasteiger partial charge in [0.05, 0.1) is 11.1 Å². The molecule has 0 spiro atoms. The Balaban J connectivity index is 2.30. The molecular weight excluding hydrogens is 348 g/mol. The van der Waals surface area contributed by atoms with Crippen molar-refractivity contribution in [1.82, 2.24) is 4.98 Å². The molecule has 25 heavy (non-hydrogen) atoms. The number of rotatable bonds is 1. The average Bonchev–Trinajstić information content (AvgIpc) is 2.52. The number of halogens is 6. The minimum atomic E-state index is -4.97. The fraction of sp³-hybridized carbons (Fsp3) is 0.118. The highest BCUT2D eigenvalue weighted by Gasteiger charge is 2.37. The summed E-state index contributed by atoms with van der Waals surface area (Å²) in [4.78, 5) is 14.6. The van der Waals surface area contributed by atoms with Crippen LogP contribution < -0.4 is 5.56 Å². The number of nitrogens with one attached hydrogen (secondary N) is 1. The van der Waals surface area contributed by atoms with Crippen LogP contribution in [-0.2, 0) is 12.4 Å². The highest BCUT2D eigenvalue weighted by Crippen LogP contribution is 2.38. The van der Waals surface area contributed by atoms with Gasteiger partial charge in [-0.1, -0.05) is 18.2 Å². The van der Waals surface area contributed by atoms with Crippen molar-refractivity contribution in [3.05, 3.63) is 70.0 Å². The minimum absolute atomic E-state index is 0.0265. The smallest absolute Gasteiger partial charge is 0.321 e. The van der Waals surface area contributed by atoms with Gasteiger partial charge in [0.1, 0.15) is 0 Å². The topological polar surface area (TPSA) is 32.9 Å². The van der Waals surface area contributed by atoms with Crippen LogP contribution in [0.1, 0.15) is 11.1 Å². The highest BCUT2D eigenvalue weighted by molar-refractivity contribution is 5.83. The van der Waals surface area contributed by atoms with Crippen molar-refractivity contribution < 1.29 is 26.3 Å². The van der Waals surface area contributed by atoms with Gasteiger partial charge >= 0.3 is 12.4 Å². The molecule has 2 nitrogen and oxygen atoms in total. The largest absolute Gasteiger partial charge is 0.416 e. The molecule has 130 valence electrons. The van der Waals surface area contributed by atoms with E-state index in [0.717, 1.165) is 0 Å². The molecule has 2 aromatic carbocycles. The second-order valence-corrected chi connectivity index (χ2v) is 5.39. The highest BCUT2D eigenvalue weighted by atomic mass is 19.4. The van der Waals surface area contributed by atoms with Crippen LogP contribution >= 0.6 is 0 Å². The monoisotopic (exact) mass is 357 g/mol. The van der Waals surface area contributed by atoms with Gasteiger partial charge in [-0.05, 0) is 41.3 Å². The molecule has 1 aromatic heterocycles. The first kappa shape index (κ1) is 17.1. The third kappa shape index (κ3) is 3.38. The summed E-state index contributed by atoms with van der Waals surface area (Å²) >= 11 is 0. The van der Waals surface area contributed by atoms with E-state index in [-0.39, 0.29) is 11.6 Å². The molecular formula is C17H9F6NO. The molecule has 3 aromatic rings. The number of para-hydroxylation sites is 1. The summed E-state index contributed by atoms with van der Waals surface area (Å²) in [6.07, 6.45) is -9.95. The van der Waals surface area contributed by atoms with Crippen molar-refractivity contribution in [2.75, 3.05) is 0 Å². The van der Waals surface area contributed by atoms with Gasteiger partial charge in [0, 0.05) is 11.1 Å². The lowest BCUT2D eigenvalue weighted by Gasteiger charge is -2.14. The molecule has 0 saturated carbocycles. The molecule has 0 saturated heterocycles. The number of aromatic amines is 1. The van der Waals surface area contributed by atoms with Gasteiger partial charge in [-0.25, -0.2) is 0 Å². The molecule has 0 amide bonds. The van der Waals surface area contributed by atoms with Crippen molar-refractivity contribution in [3.63, 3.8) is 0 Å². The Labute approximate surface area is 136 Å². The fourth-order valence-corrected chi connectivity index (χ4v) is 2.47. The van der Waals surface area contributed by atoms with E-state index in [1.807, 2.05) is 0 Å². The number of pyridine rings is 1. The molecule has 0 bridgehead atoms. The number of benzene rings is 2. The number of fused-ring (bicyclic) bond motifs is 1. The van der Waals surface area contributed by atoms with Crippen LogP contribution in [0.3, 0.4) is 0 Å².